The van der Waals surface area contributed by atoms with Gasteiger partial charge in [0.25, 0.3) is 0 Å². The fourth-order valence-corrected chi connectivity index (χ4v) is 1.97. The van der Waals surface area contributed by atoms with E-state index in [4.69, 9.17) is 9.84 Å². The maximum atomic E-state index is 10.0. The van der Waals surface area contributed by atoms with E-state index >= 15 is 0 Å². The van der Waals surface area contributed by atoms with Crippen molar-refractivity contribution in [3.05, 3.63) is 59.5 Å². The van der Waals surface area contributed by atoms with Crippen molar-refractivity contribution in [2.45, 2.75) is 27.4 Å². The molecule has 0 atom stereocenters. The molecule has 0 saturated carbocycles. The van der Waals surface area contributed by atoms with Crippen LogP contribution in [-0.4, -0.2) is 28.1 Å². The van der Waals surface area contributed by atoms with E-state index in [2.05, 4.69) is 11.1 Å². The molecule has 1 radical (unpaired) electrons. The van der Waals surface area contributed by atoms with Gasteiger partial charge < -0.3 is 19.9 Å². The van der Waals surface area contributed by atoms with Gasteiger partial charge in [0.1, 0.15) is 0 Å². The molecule has 25 heavy (non-hydrogen) atoms. The molecule has 0 unspecified atom stereocenters. The van der Waals surface area contributed by atoms with E-state index in [1.165, 1.54) is 19.9 Å². The molecule has 6 heteroatoms. The van der Waals surface area contributed by atoms with E-state index in [0.717, 1.165) is 22.4 Å². The third-order valence-electron chi connectivity index (χ3n) is 2.99. The number of benzene rings is 1. The quantitative estimate of drug-likeness (QED) is 0.336. The summed E-state index contributed by atoms with van der Waals surface area (Å²) in [6, 6.07) is 10.6. The molecule has 2 rings (SSSR count). The summed E-state index contributed by atoms with van der Waals surface area (Å²) in [5.41, 5.74) is 3.53. The zero-order chi connectivity index (χ0) is 18.1. The van der Waals surface area contributed by atoms with Crippen LogP contribution in [0, 0.1) is 13.0 Å². The van der Waals surface area contributed by atoms with Gasteiger partial charge in [-0.15, -0.1) is 17.7 Å². The number of hydrogen-bond donors (Lipinski definition) is 2. The monoisotopic (exact) mass is 431 g/mol. The van der Waals surface area contributed by atoms with Crippen molar-refractivity contribution in [1.29, 1.82) is 0 Å². The number of ether oxygens (including phenoxy) is 1. The van der Waals surface area contributed by atoms with Crippen molar-refractivity contribution >= 4 is 5.78 Å². The van der Waals surface area contributed by atoms with Crippen molar-refractivity contribution in [2.24, 2.45) is 0 Å². The molecule has 2 N–H and O–H groups in total. The average Bonchev–Trinajstić information content (AvgIpc) is 2.53. The van der Waals surface area contributed by atoms with Crippen LogP contribution >= 0.6 is 0 Å². The molecule has 0 aliphatic heterocycles. The zero-order valence-corrected chi connectivity index (χ0v) is 16.3. The van der Waals surface area contributed by atoms with Gasteiger partial charge in [0, 0.05) is 44.1 Å². The second-order valence-corrected chi connectivity index (χ2v) is 5.21. The Bertz CT molecular complexity index is 725. The summed E-state index contributed by atoms with van der Waals surface area (Å²) < 4.78 is 5.11. The van der Waals surface area contributed by atoms with Crippen LogP contribution in [0.25, 0.3) is 11.3 Å². The minimum Gasteiger partial charge on any atom is -0.540 e. The molecule has 1 aromatic heterocycles. The Hall–Kier alpha value is -2.04. The number of hydrogen-bond acceptors (Lipinski definition) is 5. The molecule has 0 aliphatic carbocycles. The van der Waals surface area contributed by atoms with Crippen LogP contribution in [0.2, 0.25) is 0 Å². The largest absolute Gasteiger partial charge is 0.540 e. The smallest absolute Gasteiger partial charge is 0.155 e. The summed E-state index contributed by atoms with van der Waals surface area (Å²) >= 11 is 0. The SMILES string of the molecule is CC(=O)/C=C(/C)O.COc1c[c-]c(-c2cc(C)ccn2)c(CO)c1.[Rh]. The van der Waals surface area contributed by atoms with Gasteiger partial charge in [0.05, 0.1) is 12.9 Å². The fraction of sp³-hybridized carbons (Fsp3) is 0.263. The minimum absolute atomic E-state index is 0. The molecule has 5 nitrogen and oxygen atoms in total. The van der Waals surface area contributed by atoms with Crippen LogP contribution in [0.4, 0.5) is 0 Å². The van der Waals surface area contributed by atoms with Crippen LogP contribution in [0.1, 0.15) is 25.0 Å². The van der Waals surface area contributed by atoms with Gasteiger partial charge in [-0.05, 0) is 32.5 Å². The minimum atomic E-state index is -0.125. The predicted octanol–water partition coefficient (Wildman–Crippen LogP) is 3.39. The number of pyridine rings is 1. The van der Waals surface area contributed by atoms with E-state index in [1.54, 1.807) is 25.4 Å². The van der Waals surface area contributed by atoms with Crippen LogP contribution in [0.5, 0.6) is 5.75 Å². The molecule has 0 spiro atoms. The summed E-state index contributed by atoms with van der Waals surface area (Å²) in [6.45, 7) is 4.80. The molecule has 0 aliphatic rings. The third-order valence-corrected chi connectivity index (χ3v) is 2.99. The first-order valence-electron chi connectivity index (χ1n) is 7.37. The van der Waals surface area contributed by atoms with Crippen molar-refractivity contribution in [3.8, 4) is 17.0 Å². The Morgan fingerprint density at radius 1 is 1.36 bits per heavy atom. The second kappa shape index (κ2) is 11.5. The molecule has 1 aromatic carbocycles. The second-order valence-electron chi connectivity index (χ2n) is 5.21. The Morgan fingerprint density at radius 3 is 2.48 bits per heavy atom. The normalized spacial score (nSPS) is 10.2. The van der Waals surface area contributed by atoms with Crippen molar-refractivity contribution in [1.82, 2.24) is 4.98 Å². The van der Waals surface area contributed by atoms with Crippen molar-refractivity contribution in [2.75, 3.05) is 7.11 Å². The van der Waals surface area contributed by atoms with E-state index in [9.17, 15) is 9.90 Å². The number of ketones is 1. The standard InChI is InChI=1S/C14H14NO2.C5H8O2.Rh/c1-10-5-6-15-14(7-10)13-4-3-12(17-2)8-11(13)9-16;1-4(6)3-5(2)7;/h3,5-8,16H,9H2,1-2H3;3,6H,1-2H3;/q-1;;/b;4-3-;. The van der Waals surface area contributed by atoms with Gasteiger partial charge in [0.2, 0.25) is 0 Å². The topological polar surface area (TPSA) is 79.7 Å². The molecule has 1 heterocycles. The number of aliphatic hydroxyl groups is 2. The van der Waals surface area contributed by atoms with Gasteiger partial charge in [-0.3, -0.25) is 4.79 Å². The molecule has 0 fully saturated rings. The maximum absolute atomic E-state index is 10.0. The van der Waals surface area contributed by atoms with E-state index < -0.39 is 0 Å². The number of aromatic nitrogens is 1. The van der Waals surface area contributed by atoms with Gasteiger partial charge >= 0.3 is 0 Å². The van der Waals surface area contributed by atoms with Crippen molar-refractivity contribution < 1.29 is 39.2 Å². The number of aliphatic hydroxyl groups excluding tert-OH is 2. The van der Waals surface area contributed by atoms with Crippen LogP contribution in [0.3, 0.4) is 0 Å². The third kappa shape index (κ3) is 8.06. The molecule has 137 valence electrons. The molecule has 0 bridgehead atoms. The summed E-state index contributed by atoms with van der Waals surface area (Å²) in [5, 5.41) is 17.7. The van der Waals surface area contributed by atoms with Gasteiger partial charge in [-0.25, -0.2) is 0 Å². The van der Waals surface area contributed by atoms with E-state index in [1.807, 2.05) is 19.1 Å². The van der Waals surface area contributed by atoms with Gasteiger partial charge in [-0.1, -0.05) is 23.3 Å². The Kier molecular flexibility index (Phi) is 10.6. The van der Waals surface area contributed by atoms with Crippen LogP contribution in [0.15, 0.2) is 42.3 Å². The first-order valence-corrected chi connectivity index (χ1v) is 7.37. The van der Waals surface area contributed by atoms with Gasteiger partial charge in [-0.2, -0.15) is 0 Å². The summed E-state index contributed by atoms with van der Waals surface area (Å²) in [5.74, 6) is 0.623. The first-order chi connectivity index (χ1) is 11.4. The Balaban J connectivity index is 0.000000620. The number of allylic oxidation sites excluding steroid dienone is 2. The number of aryl methyl sites for hydroxylation is 1. The molecular formula is C19H22NO4Rh-. The summed E-state index contributed by atoms with van der Waals surface area (Å²) in [6.07, 6.45) is 2.92. The predicted molar refractivity (Wildman–Crippen MR) is 92.8 cm³/mol. The maximum Gasteiger partial charge on any atom is 0.155 e. The number of methoxy groups -OCH3 is 1. The number of rotatable bonds is 4. The molecule has 0 saturated heterocycles. The average molecular weight is 431 g/mol. The number of carbonyl (C=O) groups is 1. The Labute approximate surface area is 161 Å². The number of nitrogens with zero attached hydrogens (tertiary/aromatic N) is 1. The first kappa shape index (κ1) is 23.0. The van der Waals surface area contributed by atoms with E-state index in [-0.39, 0.29) is 37.6 Å². The van der Waals surface area contributed by atoms with E-state index in [0.29, 0.717) is 5.75 Å². The zero-order valence-electron chi connectivity index (χ0n) is 14.7. The number of carbonyl (C=O) groups excluding carboxylic acids is 1. The van der Waals surface area contributed by atoms with Crippen LogP contribution < -0.4 is 4.74 Å². The molecular weight excluding hydrogens is 409 g/mol. The Morgan fingerprint density at radius 2 is 2.04 bits per heavy atom. The molecule has 0 amide bonds. The summed E-state index contributed by atoms with van der Waals surface area (Å²) in [4.78, 5) is 14.3. The fourth-order valence-electron chi connectivity index (χ4n) is 1.97. The van der Waals surface area contributed by atoms with Gasteiger partial charge in [0.15, 0.2) is 5.78 Å². The summed E-state index contributed by atoms with van der Waals surface area (Å²) in [7, 11) is 1.59. The van der Waals surface area contributed by atoms with Crippen molar-refractivity contribution in [3.63, 3.8) is 0 Å². The van der Waals surface area contributed by atoms with Crippen LogP contribution in [-0.2, 0) is 30.9 Å². The molecule has 2 aromatic rings.